The second-order valence-electron chi connectivity index (χ2n) is 5.29. The molecule has 2 aromatic rings. The zero-order valence-electron chi connectivity index (χ0n) is 13.9. The highest BCUT2D eigenvalue weighted by atomic mass is 32.2. The van der Waals surface area contributed by atoms with Gasteiger partial charge in [-0.25, -0.2) is 13.6 Å². The third-order valence-electron chi connectivity index (χ3n) is 3.43. The Morgan fingerprint density at radius 3 is 2.64 bits per heavy atom. The number of nitrogens with two attached hydrogens (primary N) is 1. The number of fused-ring (bicyclic) bond motifs is 1. The largest absolute Gasteiger partial charge is 0.469 e. The number of methoxy groups -OCH3 is 1. The molecule has 2 N–H and O–H groups in total. The third kappa shape index (κ3) is 4.74. The number of ether oxygens (including phenoxy) is 1. The molecule has 8 nitrogen and oxygen atoms in total. The monoisotopic (exact) mass is 385 g/mol. The van der Waals surface area contributed by atoms with Crippen molar-refractivity contribution in [2.45, 2.75) is 37.6 Å². The summed E-state index contributed by atoms with van der Waals surface area (Å²) >= 11 is 1.17. The first-order valence-electron chi connectivity index (χ1n) is 7.56. The van der Waals surface area contributed by atoms with E-state index in [0.29, 0.717) is 27.9 Å². The summed E-state index contributed by atoms with van der Waals surface area (Å²) < 4.78 is 30.0. The van der Waals surface area contributed by atoms with Crippen LogP contribution in [0.3, 0.4) is 0 Å². The van der Waals surface area contributed by atoms with Gasteiger partial charge < -0.3 is 9.30 Å². The first-order chi connectivity index (χ1) is 11.8. The molecule has 136 valence electrons. The molecule has 0 spiro atoms. The zero-order chi connectivity index (χ0) is 18.6. The summed E-state index contributed by atoms with van der Waals surface area (Å²) in [6.07, 6.45) is 1.09. The normalized spacial score (nSPS) is 12.5. The fourth-order valence-corrected chi connectivity index (χ4v) is 3.94. The molecular formula is C15H19N3O5S2. The smallest absolute Gasteiger partial charge is 0.307 e. The Kier molecular flexibility index (Phi) is 6.09. The molecule has 1 heterocycles. The van der Waals surface area contributed by atoms with Gasteiger partial charge in [-0.2, -0.15) is 4.99 Å². The van der Waals surface area contributed by atoms with Crippen molar-refractivity contribution in [3.8, 4) is 0 Å². The summed E-state index contributed by atoms with van der Waals surface area (Å²) in [5.74, 6) is -0.661. The van der Waals surface area contributed by atoms with Crippen molar-refractivity contribution in [3.05, 3.63) is 23.0 Å². The van der Waals surface area contributed by atoms with Gasteiger partial charge in [-0.05, 0) is 24.6 Å². The van der Waals surface area contributed by atoms with Crippen molar-refractivity contribution in [2.24, 2.45) is 10.1 Å². The molecular weight excluding hydrogens is 366 g/mol. The molecule has 1 amide bonds. The van der Waals surface area contributed by atoms with Gasteiger partial charge in [-0.1, -0.05) is 18.3 Å². The van der Waals surface area contributed by atoms with E-state index in [1.54, 1.807) is 10.6 Å². The number of aryl methyl sites for hydroxylation is 1. The number of primary sulfonamides is 1. The number of amides is 1. The van der Waals surface area contributed by atoms with Crippen LogP contribution in [-0.4, -0.2) is 32.0 Å². The van der Waals surface area contributed by atoms with E-state index in [1.165, 1.54) is 30.6 Å². The van der Waals surface area contributed by atoms with Crippen LogP contribution in [0.1, 0.15) is 26.2 Å². The molecule has 0 bridgehead atoms. The highest BCUT2D eigenvalue weighted by molar-refractivity contribution is 7.89. The summed E-state index contributed by atoms with van der Waals surface area (Å²) in [5.41, 5.74) is 0.671. The lowest BCUT2D eigenvalue weighted by Crippen LogP contribution is -2.19. The highest BCUT2D eigenvalue weighted by Crippen LogP contribution is 2.21. The van der Waals surface area contributed by atoms with Gasteiger partial charge >= 0.3 is 5.97 Å². The van der Waals surface area contributed by atoms with Gasteiger partial charge in [0.25, 0.3) is 0 Å². The Balaban J connectivity index is 2.59. The van der Waals surface area contributed by atoms with Crippen molar-refractivity contribution in [2.75, 3.05) is 7.11 Å². The minimum atomic E-state index is -3.83. The Morgan fingerprint density at radius 1 is 1.32 bits per heavy atom. The van der Waals surface area contributed by atoms with Crippen LogP contribution in [0.4, 0.5) is 0 Å². The second kappa shape index (κ2) is 7.89. The fourth-order valence-electron chi connectivity index (χ4n) is 2.21. The van der Waals surface area contributed by atoms with E-state index in [2.05, 4.69) is 9.73 Å². The molecule has 1 aromatic heterocycles. The van der Waals surface area contributed by atoms with E-state index < -0.39 is 10.0 Å². The molecule has 0 unspecified atom stereocenters. The number of sulfonamides is 1. The Hall–Kier alpha value is -2.04. The number of esters is 1. The number of carbonyl (C=O) groups excluding carboxylic acids is 2. The average Bonchev–Trinajstić information content (AvgIpc) is 2.88. The lowest BCUT2D eigenvalue weighted by Gasteiger charge is -2.05. The van der Waals surface area contributed by atoms with E-state index in [0.717, 1.165) is 0 Å². The van der Waals surface area contributed by atoms with E-state index in [1.807, 2.05) is 6.92 Å². The number of hydrogen-bond acceptors (Lipinski definition) is 6. The van der Waals surface area contributed by atoms with Crippen LogP contribution in [0.5, 0.6) is 0 Å². The minimum absolute atomic E-state index is 0.0206. The third-order valence-corrected chi connectivity index (χ3v) is 5.39. The van der Waals surface area contributed by atoms with Crippen LogP contribution in [-0.2, 0) is 30.9 Å². The Bertz CT molecular complexity index is 973. The van der Waals surface area contributed by atoms with Crippen LogP contribution >= 0.6 is 11.3 Å². The molecule has 25 heavy (non-hydrogen) atoms. The molecule has 0 atom stereocenters. The second-order valence-corrected chi connectivity index (χ2v) is 7.86. The van der Waals surface area contributed by atoms with Gasteiger partial charge in [0.05, 0.1) is 28.6 Å². The van der Waals surface area contributed by atoms with E-state index >= 15 is 0 Å². The molecule has 0 fully saturated rings. The van der Waals surface area contributed by atoms with Crippen molar-refractivity contribution >= 4 is 43.5 Å². The standard InChI is InChI=1S/C15H19N3O5S2/c1-3-4-13(19)17-15-18(8-7-14(20)23-2)11-6-5-10(25(16,21)22)9-12(11)24-15/h5-6,9H,3-4,7-8H2,1-2H3,(H2,16,21,22). The van der Waals surface area contributed by atoms with Crippen molar-refractivity contribution < 1.29 is 22.7 Å². The van der Waals surface area contributed by atoms with Gasteiger partial charge in [0, 0.05) is 13.0 Å². The number of carbonyl (C=O) groups is 2. The van der Waals surface area contributed by atoms with Crippen LogP contribution in [0.25, 0.3) is 10.2 Å². The Morgan fingerprint density at radius 2 is 2.04 bits per heavy atom. The maximum atomic E-state index is 11.9. The first kappa shape index (κ1) is 19.3. The summed E-state index contributed by atoms with van der Waals surface area (Å²) in [7, 11) is -2.53. The fraction of sp³-hybridized carbons (Fsp3) is 0.400. The lowest BCUT2D eigenvalue weighted by atomic mass is 10.3. The molecule has 0 saturated carbocycles. The van der Waals surface area contributed by atoms with Gasteiger partial charge in [0.15, 0.2) is 4.80 Å². The van der Waals surface area contributed by atoms with E-state index in [4.69, 9.17) is 5.14 Å². The maximum Gasteiger partial charge on any atom is 0.307 e. The zero-order valence-corrected chi connectivity index (χ0v) is 15.5. The van der Waals surface area contributed by atoms with E-state index in [9.17, 15) is 18.0 Å². The molecule has 10 heteroatoms. The van der Waals surface area contributed by atoms with E-state index in [-0.39, 0.29) is 29.7 Å². The Labute approximate surface area is 149 Å². The molecule has 1 aromatic carbocycles. The molecule has 0 saturated heterocycles. The summed E-state index contributed by atoms with van der Waals surface area (Å²) in [6, 6.07) is 4.41. The van der Waals surface area contributed by atoms with Crippen LogP contribution in [0, 0.1) is 0 Å². The highest BCUT2D eigenvalue weighted by Gasteiger charge is 2.14. The minimum Gasteiger partial charge on any atom is -0.469 e. The number of thiazole rings is 1. The average molecular weight is 385 g/mol. The van der Waals surface area contributed by atoms with Crippen LogP contribution in [0.15, 0.2) is 28.1 Å². The molecule has 0 radical (unpaired) electrons. The maximum absolute atomic E-state index is 11.9. The van der Waals surface area contributed by atoms with Crippen LogP contribution in [0.2, 0.25) is 0 Å². The van der Waals surface area contributed by atoms with Gasteiger partial charge in [0.2, 0.25) is 15.9 Å². The molecule has 0 aliphatic heterocycles. The van der Waals surface area contributed by atoms with Gasteiger partial charge in [-0.15, -0.1) is 0 Å². The summed E-state index contributed by atoms with van der Waals surface area (Å²) in [6.45, 7) is 2.14. The van der Waals surface area contributed by atoms with Crippen molar-refractivity contribution in [1.82, 2.24) is 4.57 Å². The summed E-state index contributed by atoms with van der Waals surface area (Å²) in [4.78, 5) is 27.8. The molecule has 0 aliphatic carbocycles. The topological polar surface area (TPSA) is 121 Å². The molecule has 0 aliphatic rings. The van der Waals surface area contributed by atoms with Crippen molar-refractivity contribution in [3.63, 3.8) is 0 Å². The number of aromatic nitrogens is 1. The summed E-state index contributed by atoms with van der Waals surface area (Å²) in [5, 5.41) is 5.16. The lowest BCUT2D eigenvalue weighted by molar-refractivity contribution is -0.140. The predicted octanol–water partition coefficient (Wildman–Crippen LogP) is 1.14. The van der Waals surface area contributed by atoms with Crippen molar-refractivity contribution in [1.29, 1.82) is 0 Å². The van der Waals surface area contributed by atoms with Crippen LogP contribution < -0.4 is 9.94 Å². The first-order valence-corrected chi connectivity index (χ1v) is 9.93. The number of rotatable bonds is 6. The van der Waals surface area contributed by atoms with Gasteiger partial charge in [0.1, 0.15) is 0 Å². The number of benzene rings is 1. The number of nitrogens with zero attached hydrogens (tertiary/aromatic N) is 2. The quantitative estimate of drug-likeness (QED) is 0.748. The number of hydrogen-bond donors (Lipinski definition) is 1. The molecule has 2 rings (SSSR count). The predicted molar refractivity (Wildman–Crippen MR) is 93.3 cm³/mol. The van der Waals surface area contributed by atoms with Gasteiger partial charge in [-0.3, -0.25) is 9.59 Å². The SMILES string of the molecule is CCCC(=O)N=c1sc2cc(S(N)(=O)=O)ccc2n1CCC(=O)OC.